The Balaban J connectivity index is 1.62. The maximum atomic E-state index is 12.1. The lowest BCUT2D eigenvalue weighted by atomic mass is 10.3. The molecule has 1 amide bonds. The summed E-state index contributed by atoms with van der Waals surface area (Å²) < 4.78 is 6.78. The smallest absolute Gasteiger partial charge is 0.258 e. The SMILES string of the molecule is Cc1ccc2nc(CSCC(=O)N3CCOCC3)cc(=O)n2c1. The van der Waals surface area contributed by atoms with E-state index in [2.05, 4.69) is 4.98 Å². The third kappa shape index (κ3) is 3.92. The van der Waals surface area contributed by atoms with Crippen LogP contribution in [0.5, 0.6) is 0 Å². The number of aryl methyl sites for hydroxylation is 1. The van der Waals surface area contributed by atoms with Crippen molar-refractivity contribution >= 4 is 23.3 Å². The number of thioether (sulfide) groups is 1. The molecule has 0 radical (unpaired) electrons. The second kappa shape index (κ2) is 7.14. The van der Waals surface area contributed by atoms with Crippen molar-refractivity contribution in [3.63, 3.8) is 0 Å². The van der Waals surface area contributed by atoms with Gasteiger partial charge in [-0.1, -0.05) is 6.07 Å². The standard InChI is InChI=1S/C16H19N3O3S/c1-12-2-3-14-17-13(8-15(20)19(14)9-12)10-23-11-16(21)18-4-6-22-7-5-18/h2-3,8-9H,4-7,10-11H2,1H3. The molecule has 1 aliphatic heterocycles. The van der Waals surface area contributed by atoms with Crippen LogP contribution in [0.3, 0.4) is 0 Å². The van der Waals surface area contributed by atoms with Crippen molar-refractivity contribution in [1.82, 2.24) is 14.3 Å². The molecule has 2 aromatic rings. The Kier molecular flexibility index (Phi) is 4.97. The number of amides is 1. The lowest BCUT2D eigenvalue weighted by Gasteiger charge is -2.26. The monoisotopic (exact) mass is 333 g/mol. The Morgan fingerprint density at radius 2 is 2.13 bits per heavy atom. The van der Waals surface area contributed by atoms with E-state index in [0.29, 0.717) is 49.2 Å². The molecule has 122 valence electrons. The van der Waals surface area contributed by atoms with Crippen molar-refractivity contribution in [1.29, 1.82) is 0 Å². The number of fused-ring (bicyclic) bond motifs is 1. The highest BCUT2D eigenvalue weighted by molar-refractivity contribution is 7.99. The number of hydrogen-bond donors (Lipinski definition) is 0. The minimum atomic E-state index is -0.0891. The molecule has 0 unspecified atom stereocenters. The molecule has 0 bridgehead atoms. The molecule has 2 aromatic heterocycles. The number of nitrogens with zero attached hydrogens (tertiary/aromatic N) is 3. The van der Waals surface area contributed by atoms with Gasteiger partial charge in [0.05, 0.1) is 24.7 Å². The van der Waals surface area contributed by atoms with Crippen LogP contribution in [-0.4, -0.2) is 52.2 Å². The van der Waals surface area contributed by atoms with E-state index in [1.54, 1.807) is 16.7 Å². The van der Waals surface area contributed by atoms with Gasteiger partial charge in [0.15, 0.2) is 0 Å². The third-order valence-electron chi connectivity index (χ3n) is 3.70. The molecule has 0 atom stereocenters. The van der Waals surface area contributed by atoms with E-state index in [9.17, 15) is 9.59 Å². The molecule has 23 heavy (non-hydrogen) atoms. The third-order valence-corrected chi connectivity index (χ3v) is 4.65. The zero-order valence-electron chi connectivity index (χ0n) is 13.0. The summed E-state index contributed by atoms with van der Waals surface area (Å²) in [5, 5.41) is 0. The van der Waals surface area contributed by atoms with Gasteiger partial charge in [-0.05, 0) is 18.6 Å². The number of hydrogen-bond acceptors (Lipinski definition) is 5. The predicted molar refractivity (Wildman–Crippen MR) is 89.8 cm³/mol. The van der Waals surface area contributed by atoms with Crippen LogP contribution >= 0.6 is 11.8 Å². The second-order valence-corrected chi connectivity index (χ2v) is 6.49. The van der Waals surface area contributed by atoms with Crippen LogP contribution < -0.4 is 5.56 Å². The van der Waals surface area contributed by atoms with Crippen molar-refractivity contribution in [2.75, 3.05) is 32.1 Å². The number of morpholine rings is 1. The highest BCUT2D eigenvalue weighted by Crippen LogP contribution is 2.12. The van der Waals surface area contributed by atoms with E-state index >= 15 is 0 Å². The first-order valence-electron chi connectivity index (χ1n) is 7.56. The van der Waals surface area contributed by atoms with Gasteiger partial charge in [0.2, 0.25) is 5.91 Å². The van der Waals surface area contributed by atoms with E-state index in [1.165, 1.54) is 11.8 Å². The van der Waals surface area contributed by atoms with E-state index in [0.717, 1.165) is 5.56 Å². The molecule has 3 rings (SSSR count). The first-order chi connectivity index (χ1) is 11.1. The summed E-state index contributed by atoms with van der Waals surface area (Å²) in [5.41, 5.74) is 2.27. The topological polar surface area (TPSA) is 63.9 Å². The van der Waals surface area contributed by atoms with Gasteiger partial charge in [-0.3, -0.25) is 14.0 Å². The van der Waals surface area contributed by atoms with Crippen molar-refractivity contribution in [2.24, 2.45) is 0 Å². The molecule has 3 heterocycles. The summed E-state index contributed by atoms with van der Waals surface area (Å²) in [7, 11) is 0. The molecule has 6 nitrogen and oxygen atoms in total. The van der Waals surface area contributed by atoms with Gasteiger partial charge in [0, 0.05) is 31.1 Å². The minimum Gasteiger partial charge on any atom is -0.378 e. The van der Waals surface area contributed by atoms with Gasteiger partial charge >= 0.3 is 0 Å². The molecule has 1 saturated heterocycles. The van der Waals surface area contributed by atoms with Crippen molar-refractivity contribution < 1.29 is 9.53 Å². The van der Waals surface area contributed by atoms with Gasteiger partial charge in [0.1, 0.15) is 5.65 Å². The van der Waals surface area contributed by atoms with E-state index < -0.39 is 0 Å². The lowest BCUT2D eigenvalue weighted by Crippen LogP contribution is -2.41. The minimum absolute atomic E-state index is 0.0891. The summed E-state index contributed by atoms with van der Waals surface area (Å²) in [6.07, 6.45) is 1.78. The summed E-state index contributed by atoms with van der Waals surface area (Å²) in [4.78, 5) is 30.5. The van der Waals surface area contributed by atoms with Crippen LogP contribution in [0.2, 0.25) is 0 Å². The summed E-state index contributed by atoms with van der Waals surface area (Å²) in [6, 6.07) is 5.31. The number of ether oxygens (including phenoxy) is 1. The summed E-state index contributed by atoms with van der Waals surface area (Å²) in [6.45, 7) is 4.48. The Morgan fingerprint density at radius 1 is 1.35 bits per heavy atom. The number of carbonyl (C=O) groups is 1. The summed E-state index contributed by atoms with van der Waals surface area (Å²) in [5.74, 6) is 1.07. The van der Waals surface area contributed by atoms with Crippen molar-refractivity contribution in [3.05, 3.63) is 46.0 Å². The van der Waals surface area contributed by atoms with Crippen molar-refractivity contribution in [3.8, 4) is 0 Å². The Labute approximate surface area is 138 Å². The highest BCUT2D eigenvalue weighted by atomic mass is 32.2. The maximum Gasteiger partial charge on any atom is 0.258 e. The normalized spacial score (nSPS) is 15.1. The fourth-order valence-electron chi connectivity index (χ4n) is 2.48. The number of rotatable bonds is 4. The molecule has 1 aliphatic rings. The zero-order chi connectivity index (χ0) is 16.2. The van der Waals surface area contributed by atoms with Gasteiger partial charge in [-0.15, -0.1) is 11.8 Å². The molecule has 0 saturated carbocycles. The summed E-state index contributed by atoms with van der Waals surface area (Å²) >= 11 is 1.49. The lowest BCUT2D eigenvalue weighted by molar-refractivity contribution is -0.132. The van der Waals surface area contributed by atoms with Crippen LogP contribution in [0.25, 0.3) is 5.65 Å². The highest BCUT2D eigenvalue weighted by Gasteiger charge is 2.16. The Bertz CT molecular complexity index is 769. The first-order valence-corrected chi connectivity index (χ1v) is 8.71. The molecule has 0 spiro atoms. The van der Waals surface area contributed by atoms with Gasteiger partial charge in [-0.2, -0.15) is 0 Å². The zero-order valence-corrected chi connectivity index (χ0v) is 13.8. The molecule has 0 aliphatic carbocycles. The van der Waals surface area contributed by atoms with Crippen LogP contribution in [0.15, 0.2) is 29.2 Å². The van der Waals surface area contributed by atoms with Crippen LogP contribution in [-0.2, 0) is 15.3 Å². The molecular weight excluding hydrogens is 314 g/mol. The van der Waals surface area contributed by atoms with Crippen LogP contribution in [0.1, 0.15) is 11.3 Å². The van der Waals surface area contributed by atoms with Crippen molar-refractivity contribution in [2.45, 2.75) is 12.7 Å². The Morgan fingerprint density at radius 3 is 2.91 bits per heavy atom. The van der Waals surface area contributed by atoms with Gasteiger partial charge in [0.25, 0.3) is 5.56 Å². The largest absolute Gasteiger partial charge is 0.378 e. The quantitative estimate of drug-likeness (QED) is 0.838. The predicted octanol–water partition coefficient (Wildman–Crippen LogP) is 1.09. The number of aromatic nitrogens is 2. The molecule has 0 aromatic carbocycles. The molecule has 7 heteroatoms. The van der Waals surface area contributed by atoms with E-state index in [-0.39, 0.29) is 11.5 Å². The van der Waals surface area contributed by atoms with Gasteiger partial charge < -0.3 is 9.64 Å². The molecular formula is C16H19N3O3S. The number of pyridine rings is 1. The van der Waals surface area contributed by atoms with E-state index in [1.807, 2.05) is 24.0 Å². The second-order valence-electron chi connectivity index (χ2n) is 5.51. The number of carbonyl (C=O) groups excluding carboxylic acids is 1. The molecule has 0 N–H and O–H groups in total. The maximum absolute atomic E-state index is 12.1. The fraction of sp³-hybridized carbons (Fsp3) is 0.438. The van der Waals surface area contributed by atoms with Gasteiger partial charge in [-0.25, -0.2) is 4.98 Å². The first kappa shape index (κ1) is 16.0. The molecule has 1 fully saturated rings. The van der Waals surface area contributed by atoms with E-state index in [4.69, 9.17) is 4.74 Å². The average Bonchev–Trinajstić information content (AvgIpc) is 2.56. The van der Waals surface area contributed by atoms with Crippen LogP contribution in [0.4, 0.5) is 0 Å². The fourth-order valence-corrected chi connectivity index (χ4v) is 3.30. The average molecular weight is 333 g/mol. The van der Waals surface area contributed by atoms with Crippen LogP contribution in [0, 0.1) is 6.92 Å². The Hall–Kier alpha value is -1.86.